The van der Waals surface area contributed by atoms with Crippen molar-refractivity contribution in [1.82, 2.24) is 9.88 Å². The van der Waals surface area contributed by atoms with E-state index in [1.165, 1.54) is 0 Å². The molecule has 1 aromatic heterocycles. The third kappa shape index (κ3) is 3.30. The summed E-state index contributed by atoms with van der Waals surface area (Å²) in [4.78, 5) is 36.7. The molecule has 3 heterocycles. The summed E-state index contributed by atoms with van der Waals surface area (Å²) >= 11 is 0. The molecule has 7 heteroatoms. The van der Waals surface area contributed by atoms with Gasteiger partial charge in [0.05, 0.1) is 18.4 Å². The van der Waals surface area contributed by atoms with Gasteiger partial charge in [-0.25, -0.2) is 0 Å². The van der Waals surface area contributed by atoms with E-state index < -0.39 is 5.60 Å². The van der Waals surface area contributed by atoms with E-state index in [1.807, 2.05) is 4.90 Å². The predicted molar refractivity (Wildman–Crippen MR) is 96.4 cm³/mol. The number of pyridine rings is 1. The lowest BCUT2D eigenvalue weighted by Crippen LogP contribution is -2.53. The van der Waals surface area contributed by atoms with Crippen molar-refractivity contribution < 1.29 is 14.4 Å². The first-order chi connectivity index (χ1) is 12.5. The Morgan fingerprint density at radius 3 is 2.96 bits per heavy atom. The number of likely N-dealkylation sites (tertiary alicyclic amines) is 1. The number of hydrogen-bond acceptors (Lipinski definition) is 5. The molecular weight excluding hydrogens is 332 g/mol. The van der Waals surface area contributed by atoms with Gasteiger partial charge in [-0.2, -0.15) is 0 Å². The van der Waals surface area contributed by atoms with Crippen LogP contribution in [-0.4, -0.2) is 46.1 Å². The fourth-order valence-corrected chi connectivity index (χ4v) is 4.15. The van der Waals surface area contributed by atoms with E-state index in [1.54, 1.807) is 24.5 Å². The van der Waals surface area contributed by atoms with Gasteiger partial charge in [-0.3, -0.25) is 14.6 Å². The Morgan fingerprint density at radius 2 is 2.23 bits per heavy atom. The lowest BCUT2D eigenvalue weighted by molar-refractivity contribution is -0.148. The molecule has 1 saturated heterocycles. The van der Waals surface area contributed by atoms with E-state index in [-0.39, 0.29) is 17.7 Å². The molecule has 1 atom stereocenters. The van der Waals surface area contributed by atoms with Gasteiger partial charge in [0.15, 0.2) is 5.60 Å². The molecule has 0 aromatic carbocycles. The average Bonchev–Trinajstić information content (AvgIpc) is 3.03. The SMILES string of the molecule is CC1CC(C(=O)N2CCCC3(CC(C(=O)Nc4cccnc4)=NO3)C2)C1. The molecule has 1 unspecified atom stereocenters. The fourth-order valence-electron chi connectivity index (χ4n) is 4.15. The van der Waals surface area contributed by atoms with Gasteiger partial charge in [0.1, 0.15) is 5.71 Å². The zero-order valence-corrected chi connectivity index (χ0v) is 15.0. The van der Waals surface area contributed by atoms with Crippen molar-refractivity contribution in [2.24, 2.45) is 17.0 Å². The van der Waals surface area contributed by atoms with Crippen molar-refractivity contribution in [3.63, 3.8) is 0 Å². The van der Waals surface area contributed by atoms with E-state index in [2.05, 4.69) is 22.4 Å². The second kappa shape index (κ2) is 6.70. The minimum absolute atomic E-state index is 0.163. The largest absolute Gasteiger partial charge is 0.386 e. The van der Waals surface area contributed by atoms with Gasteiger partial charge >= 0.3 is 0 Å². The molecular formula is C19H24N4O3. The van der Waals surface area contributed by atoms with Crippen LogP contribution in [0.3, 0.4) is 0 Å². The lowest BCUT2D eigenvalue weighted by Gasteiger charge is -2.42. The van der Waals surface area contributed by atoms with Gasteiger partial charge in [0.2, 0.25) is 5.91 Å². The molecule has 1 aliphatic carbocycles. The van der Waals surface area contributed by atoms with E-state index in [9.17, 15) is 9.59 Å². The Hall–Kier alpha value is -2.44. The van der Waals surface area contributed by atoms with E-state index in [0.29, 0.717) is 30.3 Å². The maximum atomic E-state index is 12.7. The highest BCUT2D eigenvalue weighted by Gasteiger charge is 2.47. The van der Waals surface area contributed by atoms with E-state index in [0.717, 1.165) is 32.2 Å². The summed E-state index contributed by atoms with van der Waals surface area (Å²) in [6.07, 6.45) is 7.33. The summed E-state index contributed by atoms with van der Waals surface area (Å²) in [7, 11) is 0. The minimum Gasteiger partial charge on any atom is -0.386 e. The normalized spacial score (nSPS) is 30.3. The molecule has 2 aliphatic heterocycles. The smallest absolute Gasteiger partial charge is 0.273 e. The number of piperidine rings is 1. The van der Waals surface area contributed by atoms with Crippen LogP contribution in [0.25, 0.3) is 0 Å². The number of oxime groups is 1. The number of carbonyl (C=O) groups excluding carboxylic acids is 2. The van der Waals surface area contributed by atoms with Crippen molar-refractivity contribution in [3.8, 4) is 0 Å². The Balaban J connectivity index is 1.36. The topological polar surface area (TPSA) is 83.9 Å². The molecule has 1 N–H and O–H groups in total. The molecule has 138 valence electrons. The third-order valence-electron chi connectivity index (χ3n) is 5.59. The summed E-state index contributed by atoms with van der Waals surface area (Å²) in [5, 5.41) is 6.83. The quantitative estimate of drug-likeness (QED) is 0.900. The number of amides is 2. The Kier molecular flexibility index (Phi) is 4.38. The summed E-state index contributed by atoms with van der Waals surface area (Å²) in [5.41, 5.74) is 0.450. The van der Waals surface area contributed by atoms with Crippen LogP contribution in [-0.2, 0) is 14.4 Å². The molecule has 3 aliphatic rings. The van der Waals surface area contributed by atoms with Crippen LogP contribution in [0, 0.1) is 11.8 Å². The van der Waals surface area contributed by atoms with Crippen LogP contribution in [0.1, 0.15) is 39.0 Å². The molecule has 7 nitrogen and oxygen atoms in total. The van der Waals surface area contributed by atoms with Gasteiger partial charge in [-0.1, -0.05) is 12.1 Å². The first kappa shape index (κ1) is 17.0. The molecule has 1 saturated carbocycles. The first-order valence-electron chi connectivity index (χ1n) is 9.30. The summed E-state index contributed by atoms with van der Waals surface area (Å²) in [6.45, 7) is 3.47. The van der Waals surface area contributed by atoms with Crippen LogP contribution >= 0.6 is 0 Å². The Bertz CT molecular complexity index is 730. The maximum absolute atomic E-state index is 12.7. The van der Waals surface area contributed by atoms with Crippen molar-refractivity contribution in [1.29, 1.82) is 0 Å². The van der Waals surface area contributed by atoms with Crippen LogP contribution in [0.4, 0.5) is 5.69 Å². The first-order valence-corrected chi connectivity index (χ1v) is 9.30. The van der Waals surface area contributed by atoms with Crippen LogP contribution < -0.4 is 5.32 Å². The van der Waals surface area contributed by atoms with Crippen LogP contribution in [0.2, 0.25) is 0 Å². The summed E-state index contributed by atoms with van der Waals surface area (Å²) in [5.74, 6) is 0.775. The maximum Gasteiger partial charge on any atom is 0.273 e. The summed E-state index contributed by atoms with van der Waals surface area (Å²) < 4.78 is 0. The third-order valence-corrected chi connectivity index (χ3v) is 5.59. The number of nitrogens with one attached hydrogen (secondary N) is 1. The zero-order chi connectivity index (χ0) is 18.1. The number of carbonyl (C=O) groups is 2. The zero-order valence-electron chi connectivity index (χ0n) is 15.0. The van der Waals surface area contributed by atoms with Crippen molar-refractivity contribution in [2.45, 2.75) is 44.6 Å². The highest BCUT2D eigenvalue weighted by atomic mass is 16.7. The fraction of sp³-hybridized carbons (Fsp3) is 0.579. The molecule has 0 bridgehead atoms. The molecule has 2 amide bonds. The predicted octanol–water partition coefficient (Wildman–Crippen LogP) is 2.20. The van der Waals surface area contributed by atoms with Crippen LogP contribution in [0.15, 0.2) is 29.7 Å². The van der Waals surface area contributed by atoms with Crippen molar-refractivity contribution >= 4 is 23.2 Å². The number of aromatic nitrogens is 1. The average molecular weight is 356 g/mol. The molecule has 1 spiro atoms. The van der Waals surface area contributed by atoms with Gasteiger partial charge in [0.25, 0.3) is 5.91 Å². The van der Waals surface area contributed by atoms with Gasteiger partial charge in [0, 0.05) is 25.1 Å². The van der Waals surface area contributed by atoms with Crippen molar-refractivity contribution in [2.75, 3.05) is 18.4 Å². The number of anilines is 1. The highest BCUT2D eigenvalue weighted by molar-refractivity contribution is 6.43. The number of hydrogen-bond donors (Lipinski definition) is 1. The second-order valence-electron chi connectivity index (χ2n) is 7.82. The molecule has 26 heavy (non-hydrogen) atoms. The van der Waals surface area contributed by atoms with E-state index in [4.69, 9.17) is 4.84 Å². The van der Waals surface area contributed by atoms with Gasteiger partial charge in [-0.15, -0.1) is 0 Å². The lowest BCUT2D eigenvalue weighted by atomic mass is 9.75. The second-order valence-corrected chi connectivity index (χ2v) is 7.82. The summed E-state index contributed by atoms with van der Waals surface area (Å²) in [6, 6.07) is 3.54. The van der Waals surface area contributed by atoms with Gasteiger partial charge < -0.3 is 15.1 Å². The standard InChI is InChI=1S/C19H24N4O3/c1-13-8-14(9-13)18(25)23-7-3-5-19(12-23)10-16(22-26-19)17(24)21-15-4-2-6-20-11-15/h2,4,6,11,13-14H,3,5,7-10,12H2,1H3,(H,21,24). The van der Waals surface area contributed by atoms with Crippen LogP contribution in [0.5, 0.6) is 0 Å². The number of nitrogens with zero attached hydrogens (tertiary/aromatic N) is 3. The molecule has 4 rings (SSSR count). The Morgan fingerprint density at radius 1 is 1.38 bits per heavy atom. The minimum atomic E-state index is -0.551. The van der Waals surface area contributed by atoms with E-state index >= 15 is 0 Å². The molecule has 1 aromatic rings. The van der Waals surface area contributed by atoms with Gasteiger partial charge in [-0.05, 0) is 43.7 Å². The molecule has 2 fully saturated rings. The Labute approximate surface area is 152 Å². The monoisotopic (exact) mass is 356 g/mol. The van der Waals surface area contributed by atoms with Crippen molar-refractivity contribution in [3.05, 3.63) is 24.5 Å². The highest BCUT2D eigenvalue weighted by Crippen LogP contribution is 2.38. The number of rotatable bonds is 3. The molecule has 0 radical (unpaired) electrons.